The lowest BCUT2D eigenvalue weighted by atomic mass is 9.94. The highest BCUT2D eigenvalue weighted by atomic mass is 16.5. The Morgan fingerprint density at radius 1 is 1.10 bits per heavy atom. The molecule has 0 saturated carbocycles. The molecule has 1 amide bonds. The lowest BCUT2D eigenvalue weighted by Crippen LogP contribution is -2.33. The number of ketones is 1. The summed E-state index contributed by atoms with van der Waals surface area (Å²) in [6.07, 6.45) is 0.00243. The second kappa shape index (κ2) is 9.35. The zero-order valence-electron chi connectivity index (χ0n) is 18.6. The first-order chi connectivity index (χ1) is 14.7. The molecule has 1 unspecified atom stereocenters. The van der Waals surface area contributed by atoms with Crippen LogP contribution in [-0.2, 0) is 14.3 Å². The van der Waals surface area contributed by atoms with Gasteiger partial charge in [0.25, 0.3) is 11.7 Å². The first-order valence-electron chi connectivity index (χ1n) is 10.4. The van der Waals surface area contributed by atoms with Gasteiger partial charge in [0.1, 0.15) is 11.5 Å². The van der Waals surface area contributed by atoms with Gasteiger partial charge in [0.2, 0.25) is 0 Å². The van der Waals surface area contributed by atoms with E-state index >= 15 is 0 Å². The quantitative estimate of drug-likeness (QED) is 0.411. The molecule has 6 heteroatoms. The lowest BCUT2D eigenvalue weighted by molar-refractivity contribution is -0.140. The summed E-state index contributed by atoms with van der Waals surface area (Å²) >= 11 is 0. The topological polar surface area (TPSA) is 76.1 Å². The highest BCUT2D eigenvalue weighted by Gasteiger charge is 2.46. The predicted molar refractivity (Wildman–Crippen MR) is 119 cm³/mol. The molecule has 1 atom stereocenters. The standard InChI is InChI=1S/C25H29NO5/c1-15(2)31-12-11-26-22(18-7-6-8-20(14-18)30-5)21(24(28)25(26)29)23(27)19-10-9-16(3)17(4)13-19/h6-10,13-15,22,27H,11-12H2,1-5H3/b23-21-. The van der Waals surface area contributed by atoms with Gasteiger partial charge < -0.3 is 19.5 Å². The SMILES string of the molecule is COc1cccc(C2/C(=C(/O)c3ccc(C)c(C)c3)C(=O)C(=O)N2CCOC(C)C)c1. The normalized spacial score (nSPS) is 18.1. The van der Waals surface area contributed by atoms with Crippen molar-refractivity contribution < 1.29 is 24.2 Å². The maximum Gasteiger partial charge on any atom is 0.295 e. The Morgan fingerprint density at radius 3 is 2.48 bits per heavy atom. The average Bonchev–Trinajstić information content (AvgIpc) is 3.00. The van der Waals surface area contributed by atoms with Crippen molar-refractivity contribution in [3.8, 4) is 5.75 Å². The third-order valence-corrected chi connectivity index (χ3v) is 5.51. The molecule has 0 bridgehead atoms. The Labute approximate surface area is 183 Å². The minimum Gasteiger partial charge on any atom is -0.507 e. The Kier molecular flexibility index (Phi) is 6.81. The van der Waals surface area contributed by atoms with Crippen LogP contribution in [0.5, 0.6) is 5.75 Å². The highest BCUT2D eigenvalue weighted by molar-refractivity contribution is 6.46. The first-order valence-corrected chi connectivity index (χ1v) is 10.4. The van der Waals surface area contributed by atoms with Crippen molar-refractivity contribution in [2.24, 2.45) is 0 Å². The van der Waals surface area contributed by atoms with E-state index in [2.05, 4.69) is 0 Å². The first kappa shape index (κ1) is 22.6. The van der Waals surface area contributed by atoms with E-state index in [1.807, 2.05) is 45.9 Å². The number of carbonyl (C=O) groups is 2. The third kappa shape index (κ3) is 4.64. The Morgan fingerprint density at radius 2 is 1.84 bits per heavy atom. The molecule has 1 fully saturated rings. The fraction of sp³-hybridized carbons (Fsp3) is 0.360. The number of hydrogen-bond donors (Lipinski definition) is 1. The molecule has 31 heavy (non-hydrogen) atoms. The smallest absolute Gasteiger partial charge is 0.295 e. The molecule has 1 aliphatic rings. The zero-order valence-corrected chi connectivity index (χ0v) is 18.6. The summed E-state index contributed by atoms with van der Waals surface area (Å²) < 4.78 is 11.0. The summed E-state index contributed by atoms with van der Waals surface area (Å²) in [6.45, 7) is 8.25. The molecule has 6 nitrogen and oxygen atoms in total. The molecular formula is C25H29NO5. The molecule has 1 N–H and O–H groups in total. The Bertz CT molecular complexity index is 1020. The van der Waals surface area contributed by atoms with Crippen LogP contribution >= 0.6 is 0 Å². The van der Waals surface area contributed by atoms with Gasteiger partial charge >= 0.3 is 0 Å². The van der Waals surface area contributed by atoms with E-state index in [9.17, 15) is 14.7 Å². The molecule has 2 aromatic rings. The van der Waals surface area contributed by atoms with E-state index in [1.165, 1.54) is 4.90 Å². The van der Waals surface area contributed by atoms with E-state index < -0.39 is 17.7 Å². The highest BCUT2D eigenvalue weighted by Crippen LogP contribution is 2.40. The van der Waals surface area contributed by atoms with Crippen LogP contribution in [0.1, 0.15) is 42.1 Å². The molecule has 3 rings (SSSR count). The molecule has 0 spiro atoms. The van der Waals surface area contributed by atoms with Gasteiger partial charge in [-0.3, -0.25) is 9.59 Å². The molecule has 2 aromatic carbocycles. The number of likely N-dealkylation sites (tertiary alicyclic amines) is 1. The van der Waals surface area contributed by atoms with Gasteiger partial charge in [0.05, 0.1) is 31.4 Å². The fourth-order valence-corrected chi connectivity index (χ4v) is 3.70. The van der Waals surface area contributed by atoms with Crippen LogP contribution in [0.15, 0.2) is 48.0 Å². The van der Waals surface area contributed by atoms with Crippen LogP contribution in [0.4, 0.5) is 0 Å². The van der Waals surface area contributed by atoms with Crippen LogP contribution in [-0.4, -0.2) is 48.1 Å². The molecule has 0 radical (unpaired) electrons. The molecule has 1 saturated heterocycles. The number of hydrogen-bond acceptors (Lipinski definition) is 5. The van der Waals surface area contributed by atoms with Crippen molar-refractivity contribution in [2.45, 2.75) is 39.8 Å². The van der Waals surface area contributed by atoms with Crippen molar-refractivity contribution in [2.75, 3.05) is 20.3 Å². The zero-order chi connectivity index (χ0) is 22.7. The van der Waals surface area contributed by atoms with Crippen molar-refractivity contribution in [1.82, 2.24) is 4.90 Å². The van der Waals surface area contributed by atoms with E-state index in [0.29, 0.717) is 16.9 Å². The Hall–Kier alpha value is -3.12. The molecule has 0 aromatic heterocycles. The fourth-order valence-electron chi connectivity index (χ4n) is 3.70. The van der Waals surface area contributed by atoms with Gasteiger partial charge in [-0.1, -0.05) is 24.3 Å². The number of aliphatic hydroxyl groups is 1. The number of benzene rings is 2. The maximum absolute atomic E-state index is 13.0. The summed E-state index contributed by atoms with van der Waals surface area (Å²) in [5.74, 6) is -0.923. The maximum atomic E-state index is 13.0. The van der Waals surface area contributed by atoms with Gasteiger partial charge in [0.15, 0.2) is 0 Å². The van der Waals surface area contributed by atoms with Crippen molar-refractivity contribution in [3.05, 3.63) is 70.3 Å². The number of nitrogens with zero attached hydrogens (tertiary/aromatic N) is 1. The van der Waals surface area contributed by atoms with Gasteiger partial charge in [-0.25, -0.2) is 0 Å². The largest absolute Gasteiger partial charge is 0.507 e. The van der Waals surface area contributed by atoms with Crippen LogP contribution in [0.3, 0.4) is 0 Å². The Balaban J connectivity index is 2.13. The van der Waals surface area contributed by atoms with Crippen LogP contribution in [0, 0.1) is 13.8 Å². The number of aliphatic hydroxyl groups excluding tert-OH is 1. The summed E-state index contributed by atoms with van der Waals surface area (Å²) in [6, 6.07) is 11.9. The number of aryl methyl sites for hydroxylation is 2. The summed E-state index contributed by atoms with van der Waals surface area (Å²) in [4.78, 5) is 27.4. The monoisotopic (exact) mass is 423 g/mol. The number of ether oxygens (including phenoxy) is 2. The van der Waals surface area contributed by atoms with Crippen LogP contribution in [0.25, 0.3) is 5.76 Å². The van der Waals surface area contributed by atoms with Gasteiger partial charge in [-0.05, 0) is 62.6 Å². The van der Waals surface area contributed by atoms with Crippen LogP contribution < -0.4 is 4.74 Å². The molecule has 0 aliphatic carbocycles. The van der Waals surface area contributed by atoms with Crippen molar-refractivity contribution >= 4 is 17.4 Å². The molecule has 1 heterocycles. The van der Waals surface area contributed by atoms with E-state index in [1.54, 1.807) is 31.4 Å². The number of rotatable bonds is 7. The molecular weight excluding hydrogens is 394 g/mol. The minimum atomic E-state index is -0.729. The lowest BCUT2D eigenvalue weighted by Gasteiger charge is -2.26. The summed E-state index contributed by atoms with van der Waals surface area (Å²) in [7, 11) is 1.56. The van der Waals surface area contributed by atoms with Crippen molar-refractivity contribution in [1.29, 1.82) is 0 Å². The van der Waals surface area contributed by atoms with Crippen molar-refractivity contribution in [3.63, 3.8) is 0 Å². The minimum absolute atomic E-state index is 0.00243. The third-order valence-electron chi connectivity index (χ3n) is 5.51. The van der Waals surface area contributed by atoms with Gasteiger partial charge in [0, 0.05) is 12.1 Å². The van der Waals surface area contributed by atoms with Gasteiger partial charge in [-0.2, -0.15) is 0 Å². The molecule has 164 valence electrons. The number of methoxy groups -OCH3 is 1. The molecule has 1 aliphatic heterocycles. The van der Waals surface area contributed by atoms with Crippen LogP contribution in [0.2, 0.25) is 0 Å². The number of Topliss-reactive ketones (excluding diaryl/α,β-unsaturated/α-hetero) is 1. The average molecular weight is 424 g/mol. The number of amides is 1. The summed E-state index contributed by atoms with van der Waals surface area (Å²) in [5, 5.41) is 11.1. The second-order valence-corrected chi connectivity index (χ2v) is 7.99. The van der Waals surface area contributed by atoms with E-state index in [0.717, 1.165) is 11.1 Å². The van der Waals surface area contributed by atoms with E-state index in [-0.39, 0.29) is 30.6 Å². The van der Waals surface area contributed by atoms with E-state index in [4.69, 9.17) is 9.47 Å². The predicted octanol–water partition coefficient (Wildman–Crippen LogP) is 4.16. The second-order valence-electron chi connectivity index (χ2n) is 7.99. The number of carbonyl (C=O) groups excluding carboxylic acids is 2. The van der Waals surface area contributed by atoms with Gasteiger partial charge in [-0.15, -0.1) is 0 Å². The summed E-state index contributed by atoms with van der Waals surface area (Å²) in [5.41, 5.74) is 3.33.